The highest BCUT2D eigenvalue weighted by Gasteiger charge is 2.43. The van der Waals surface area contributed by atoms with Gasteiger partial charge in [-0.25, -0.2) is 4.98 Å². The van der Waals surface area contributed by atoms with E-state index in [1.165, 1.54) is 7.11 Å². The number of piperidine rings is 1. The van der Waals surface area contributed by atoms with E-state index < -0.39 is 11.4 Å². The molecule has 1 amide bonds. The summed E-state index contributed by atoms with van der Waals surface area (Å²) in [5.74, 6) is 0.00711. The van der Waals surface area contributed by atoms with Crippen LogP contribution in [0.3, 0.4) is 0 Å². The number of rotatable bonds is 6. The highest BCUT2D eigenvalue weighted by atomic mass is 16.5. The molecule has 1 aliphatic rings. The zero-order chi connectivity index (χ0) is 19.4. The quantitative estimate of drug-likeness (QED) is 0.838. The first-order valence-corrected chi connectivity index (χ1v) is 8.97. The molecule has 1 atom stereocenters. The molecular formula is C20H24N2O5. The molecule has 7 nitrogen and oxygen atoms in total. The van der Waals surface area contributed by atoms with Gasteiger partial charge in [0.15, 0.2) is 0 Å². The van der Waals surface area contributed by atoms with Crippen LogP contribution in [0.2, 0.25) is 0 Å². The van der Waals surface area contributed by atoms with Crippen molar-refractivity contribution in [3.05, 3.63) is 41.8 Å². The second-order valence-corrected chi connectivity index (χ2v) is 7.00. The van der Waals surface area contributed by atoms with Crippen molar-refractivity contribution >= 4 is 11.9 Å². The second-order valence-electron chi connectivity index (χ2n) is 7.00. The Labute approximate surface area is 158 Å². The van der Waals surface area contributed by atoms with Gasteiger partial charge in [0.1, 0.15) is 11.2 Å². The number of benzene rings is 1. The Balaban J connectivity index is 1.74. The molecule has 2 aromatic rings. The fourth-order valence-corrected chi connectivity index (χ4v) is 3.53. The standard InChI is InChI=1S/C20H24N2O5/c1-14-16(21-18(27-14)15-7-4-3-5-8-15)11-17(23)22-10-6-9-20(12-22,13-26-2)19(24)25/h3-5,7-8H,6,9-13H2,1-2H3,(H,24,25). The van der Waals surface area contributed by atoms with E-state index in [9.17, 15) is 14.7 Å². The van der Waals surface area contributed by atoms with Crippen molar-refractivity contribution in [1.29, 1.82) is 0 Å². The van der Waals surface area contributed by atoms with Gasteiger partial charge in [0, 0.05) is 25.8 Å². The number of carboxylic acids is 1. The zero-order valence-corrected chi connectivity index (χ0v) is 15.6. The number of carbonyl (C=O) groups excluding carboxylic acids is 1. The Morgan fingerprint density at radius 1 is 1.33 bits per heavy atom. The van der Waals surface area contributed by atoms with Gasteiger partial charge in [-0.15, -0.1) is 0 Å². The number of oxazole rings is 1. The van der Waals surface area contributed by atoms with Crippen LogP contribution in [-0.4, -0.2) is 53.7 Å². The fourth-order valence-electron chi connectivity index (χ4n) is 3.53. The predicted molar refractivity (Wildman–Crippen MR) is 98.1 cm³/mol. The predicted octanol–water partition coefficient (Wildman–Crippen LogP) is 2.53. The van der Waals surface area contributed by atoms with Crippen LogP contribution in [0.4, 0.5) is 0 Å². The summed E-state index contributed by atoms with van der Waals surface area (Å²) in [6.45, 7) is 2.56. The molecule has 0 radical (unpaired) electrons. The minimum absolute atomic E-state index is 0.0881. The SMILES string of the molecule is COCC1(C(=O)O)CCCN(C(=O)Cc2nc(-c3ccccc3)oc2C)C1. The summed E-state index contributed by atoms with van der Waals surface area (Å²) in [7, 11) is 1.48. The third-order valence-electron chi connectivity index (χ3n) is 5.04. The Kier molecular flexibility index (Phi) is 5.60. The van der Waals surface area contributed by atoms with Gasteiger partial charge in [0.25, 0.3) is 0 Å². The lowest BCUT2D eigenvalue weighted by molar-refractivity contribution is -0.159. The molecule has 1 N–H and O–H groups in total. The van der Waals surface area contributed by atoms with Crippen LogP contribution < -0.4 is 0 Å². The molecule has 0 aliphatic carbocycles. The Morgan fingerprint density at radius 2 is 2.07 bits per heavy atom. The maximum Gasteiger partial charge on any atom is 0.313 e. The van der Waals surface area contributed by atoms with E-state index in [2.05, 4.69) is 4.98 Å². The first-order valence-electron chi connectivity index (χ1n) is 8.97. The van der Waals surface area contributed by atoms with E-state index in [1.54, 1.807) is 11.8 Å². The van der Waals surface area contributed by atoms with Crippen molar-refractivity contribution in [3.63, 3.8) is 0 Å². The molecule has 0 bridgehead atoms. The van der Waals surface area contributed by atoms with Crippen molar-refractivity contribution < 1.29 is 23.8 Å². The maximum absolute atomic E-state index is 12.8. The van der Waals surface area contributed by atoms with Crippen molar-refractivity contribution in [2.75, 3.05) is 26.8 Å². The Bertz CT molecular complexity index is 813. The average Bonchev–Trinajstić information content (AvgIpc) is 3.03. The highest BCUT2D eigenvalue weighted by Crippen LogP contribution is 2.31. The van der Waals surface area contributed by atoms with Gasteiger partial charge in [0.05, 0.1) is 18.7 Å². The molecular weight excluding hydrogens is 348 g/mol. The van der Waals surface area contributed by atoms with Gasteiger partial charge in [-0.05, 0) is 31.9 Å². The number of aryl methyl sites for hydroxylation is 1. The molecule has 1 fully saturated rings. The van der Waals surface area contributed by atoms with Crippen LogP contribution in [-0.2, 0) is 20.7 Å². The number of hydrogen-bond acceptors (Lipinski definition) is 5. The van der Waals surface area contributed by atoms with E-state index in [0.717, 1.165) is 5.56 Å². The molecule has 1 unspecified atom stereocenters. The monoisotopic (exact) mass is 372 g/mol. The molecule has 144 valence electrons. The molecule has 1 aromatic carbocycles. The van der Waals surface area contributed by atoms with Crippen molar-refractivity contribution in [2.45, 2.75) is 26.2 Å². The van der Waals surface area contributed by atoms with Crippen LogP contribution in [0.5, 0.6) is 0 Å². The van der Waals surface area contributed by atoms with E-state index in [1.807, 2.05) is 30.3 Å². The number of likely N-dealkylation sites (tertiary alicyclic amines) is 1. The minimum Gasteiger partial charge on any atom is -0.481 e. The summed E-state index contributed by atoms with van der Waals surface area (Å²) in [5, 5.41) is 9.64. The van der Waals surface area contributed by atoms with Gasteiger partial charge >= 0.3 is 5.97 Å². The number of aromatic nitrogens is 1. The lowest BCUT2D eigenvalue weighted by Crippen LogP contribution is -2.52. The molecule has 3 rings (SSSR count). The summed E-state index contributed by atoms with van der Waals surface area (Å²) in [6.07, 6.45) is 1.22. The zero-order valence-electron chi connectivity index (χ0n) is 15.6. The summed E-state index contributed by atoms with van der Waals surface area (Å²) < 4.78 is 10.8. The number of aliphatic carboxylic acids is 1. The summed E-state index contributed by atoms with van der Waals surface area (Å²) in [6, 6.07) is 9.50. The Morgan fingerprint density at radius 3 is 2.74 bits per heavy atom. The summed E-state index contributed by atoms with van der Waals surface area (Å²) in [4.78, 5) is 30.6. The first-order chi connectivity index (χ1) is 12.9. The number of carboxylic acid groups (broad SMARTS) is 1. The number of nitrogens with zero attached hydrogens (tertiary/aromatic N) is 2. The van der Waals surface area contributed by atoms with Gasteiger partial charge in [0.2, 0.25) is 11.8 Å². The molecule has 0 saturated carbocycles. The highest BCUT2D eigenvalue weighted by molar-refractivity contribution is 5.81. The fraction of sp³-hybridized carbons (Fsp3) is 0.450. The van der Waals surface area contributed by atoms with Crippen molar-refractivity contribution in [2.24, 2.45) is 5.41 Å². The molecule has 1 aromatic heterocycles. The number of carbonyl (C=O) groups is 2. The number of amides is 1. The van der Waals surface area contributed by atoms with E-state index in [-0.39, 0.29) is 25.5 Å². The van der Waals surface area contributed by atoms with Crippen molar-refractivity contribution in [3.8, 4) is 11.5 Å². The number of ether oxygens (including phenoxy) is 1. The van der Waals surface area contributed by atoms with Gasteiger partial charge in [-0.2, -0.15) is 0 Å². The lowest BCUT2D eigenvalue weighted by Gasteiger charge is -2.39. The van der Waals surface area contributed by atoms with Crippen LogP contribution in [0.1, 0.15) is 24.3 Å². The molecule has 27 heavy (non-hydrogen) atoms. The Hall–Kier alpha value is -2.67. The van der Waals surface area contributed by atoms with Gasteiger partial charge < -0.3 is 19.2 Å². The van der Waals surface area contributed by atoms with Gasteiger partial charge in [-0.3, -0.25) is 9.59 Å². The number of methoxy groups -OCH3 is 1. The maximum atomic E-state index is 12.8. The molecule has 1 aliphatic heterocycles. The van der Waals surface area contributed by atoms with E-state index in [4.69, 9.17) is 9.15 Å². The lowest BCUT2D eigenvalue weighted by atomic mass is 9.80. The summed E-state index contributed by atoms with van der Waals surface area (Å²) >= 11 is 0. The smallest absolute Gasteiger partial charge is 0.313 e. The van der Waals surface area contributed by atoms with Crippen molar-refractivity contribution in [1.82, 2.24) is 9.88 Å². The van der Waals surface area contributed by atoms with Crippen LogP contribution >= 0.6 is 0 Å². The first kappa shape index (κ1) is 19.1. The number of hydrogen-bond donors (Lipinski definition) is 1. The summed E-state index contributed by atoms with van der Waals surface area (Å²) in [5.41, 5.74) is 0.385. The largest absolute Gasteiger partial charge is 0.481 e. The van der Waals surface area contributed by atoms with Gasteiger partial charge in [-0.1, -0.05) is 18.2 Å². The minimum atomic E-state index is -1.04. The van der Waals surface area contributed by atoms with E-state index >= 15 is 0 Å². The molecule has 0 spiro atoms. The second kappa shape index (κ2) is 7.92. The van der Waals surface area contributed by atoms with E-state index in [0.29, 0.717) is 36.7 Å². The molecule has 2 heterocycles. The average molecular weight is 372 g/mol. The van der Waals surface area contributed by atoms with Crippen LogP contribution in [0, 0.1) is 12.3 Å². The third-order valence-corrected chi connectivity index (χ3v) is 5.04. The van der Waals surface area contributed by atoms with Crippen LogP contribution in [0.15, 0.2) is 34.7 Å². The molecule has 1 saturated heterocycles. The third kappa shape index (κ3) is 4.03. The normalized spacial score (nSPS) is 19.9. The topological polar surface area (TPSA) is 92.9 Å². The van der Waals surface area contributed by atoms with Crippen LogP contribution in [0.25, 0.3) is 11.5 Å². The molecule has 7 heteroatoms.